The van der Waals surface area contributed by atoms with Gasteiger partial charge in [-0.25, -0.2) is 9.97 Å². The average Bonchev–Trinajstić information content (AvgIpc) is 3.39. The Morgan fingerprint density at radius 3 is 2.96 bits per heavy atom. The maximum atomic E-state index is 12.8. The zero-order valence-corrected chi connectivity index (χ0v) is 15.1. The summed E-state index contributed by atoms with van der Waals surface area (Å²) in [6.45, 7) is 0.984. The lowest BCUT2D eigenvalue weighted by atomic mass is 10.1. The minimum Gasteiger partial charge on any atom is -0.492 e. The van der Waals surface area contributed by atoms with Crippen LogP contribution in [0.1, 0.15) is 21.5 Å². The van der Waals surface area contributed by atoms with Crippen LogP contribution in [0.15, 0.2) is 67.1 Å². The van der Waals surface area contributed by atoms with Gasteiger partial charge in [-0.2, -0.15) is 0 Å². The standard InChI is InChI=1S/C22H18N4O2/c27-22(17-7-3-5-15-10-12-28-20(15)17)24-13-16-6-4-11-23-21(16)26-14-25-18-8-1-2-9-19(18)26/h1-9,11,14H,10,12-13H2,(H,24,27). The summed E-state index contributed by atoms with van der Waals surface area (Å²) in [6.07, 6.45) is 4.35. The molecule has 0 saturated carbocycles. The highest BCUT2D eigenvalue weighted by Gasteiger charge is 2.20. The molecule has 5 rings (SSSR count). The Morgan fingerprint density at radius 1 is 1.07 bits per heavy atom. The number of carbonyl (C=O) groups is 1. The number of amides is 1. The first-order chi connectivity index (χ1) is 13.8. The molecule has 0 atom stereocenters. The van der Waals surface area contributed by atoms with Crippen molar-refractivity contribution in [3.05, 3.63) is 83.8 Å². The van der Waals surface area contributed by atoms with E-state index in [9.17, 15) is 4.79 Å². The zero-order chi connectivity index (χ0) is 18.9. The average molecular weight is 370 g/mol. The number of ether oxygens (including phenoxy) is 1. The predicted octanol–water partition coefficient (Wildman–Crippen LogP) is 3.29. The molecule has 0 aliphatic carbocycles. The fraction of sp³-hybridized carbons (Fsp3) is 0.136. The molecular formula is C22H18N4O2. The number of imidazole rings is 1. The molecule has 0 fully saturated rings. The molecule has 0 radical (unpaired) electrons. The van der Waals surface area contributed by atoms with E-state index in [-0.39, 0.29) is 5.91 Å². The molecule has 1 N–H and O–H groups in total. The second-order valence-corrected chi connectivity index (χ2v) is 6.66. The Hall–Kier alpha value is -3.67. The van der Waals surface area contributed by atoms with Crippen molar-refractivity contribution in [3.63, 3.8) is 0 Å². The molecule has 3 heterocycles. The molecule has 28 heavy (non-hydrogen) atoms. The van der Waals surface area contributed by atoms with Gasteiger partial charge in [0.05, 0.1) is 23.2 Å². The number of aromatic nitrogens is 3. The quantitative estimate of drug-likeness (QED) is 0.599. The van der Waals surface area contributed by atoms with Crippen molar-refractivity contribution in [1.82, 2.24) is 19.9 Å². The number of benzene rings is 2. The molecule has 1 amide bonds. The first kappa shape index (κ1) is 16.5. The van der Waals surface area contributed by atoms with E-state index in [1.54, 1.807) is 18.6 Å². The largest absolute Gasteiger partial charge is 0.492 e. The van der Waals surface area contributed by atoms with Gasteiger partial charge in [0.25, 0.3) is 5.91 Å². The summed E-state index contributed by atoms with van der Waals surface area (Å²) in [4.78, 5) is 21.7. The fourth-order valence-corrected chi connectivity index (χ4v) is 3.58. The van der Waals surface area contributed by atoms with Crippen molar-refractivity contribution in [2.24, 2.45) is 0 Å². The highest BCUT2D eigenvalue weighted by atomic mass is 16.5. The van der Waals surface area contributed by atoms with E-state index < -0.39 is 0 Å². The van der Waals surface area contributed by atoms with E-state index in [1.165, 1.54) is 0 Å². The highest BCUT2D eigenvalue weighted by Crippen LogP contribution is 2.29. The summed E-state index contributed by atoms with van der Waals surface area (Å²) in [6, 6.07) is 17.4. The minimum absolute atomic E-state index is 0.149. The molecule has 1 aliphatic heterocycles. The van der Waals surface area contributed by atoms with Gasteiger partial charge in [0.1, 0.15) is 17.9 Å². The van der Waals surface area contributed by atoms with Crippen molar-refractivity contribution in [1.29, 1.82) is 0 Å². The predicted molar refractivity (Wildman–Crippen MR) is 106 cm³/mol. The maximum absolute atomic E-state index is 12.8. The number of fused-ring (bicyclic) bond motifs is 2. The van der Waals surface area contributed by atoms with Crippen LogP contribution in [0.5, 0.6) is 5.75 Å². The third-order valence-electron chi connectivity index (χ3n) is 4.95. The molecule has 0 spiro atoms. The van der Waals surface area contributed by atoms with Crippen LogP contribution < -0.4 is 10.1 Å². The molecule has 0 saturated heterocycles. The van der Waals surface area contributed by atoms with Crippen LogP contribution in [0.2, 0.25) is 0 Å². The number of pyridine rings is 1. The number of hydrogen-bond acceptors (Lipinski definition) is 4. The smallest absolute Gasteiger partial charge is 0.255 e. The van der Waals surface area contributed by atoms with Crippen molar-refractivity contribution in [2.75, 3.05) is 6.61 Å². The van der Waals surface area contributed by atoms with Crippen LogP contribution in [0.25, 0.3) is 16.9 Å². The van der Waals surface area contributed by atoms with Gasteiger partial charge in [0.15, 0.2) is 0 Å². The van der Waals surface area contributed by atoms with Crippen LogP contribution in [-0.4, -0.2) is 27.0 Å². The minimum atomic E-state index is -0.149. The summed E-state index contributed by atoms with van der Waals surface area (Å²) in [5, 5.41) is 3.00. The second kappa shape index (κ2) is 6.81. The Kier molecular flexibility index (Phi) is 4.01. The summed E-state index contributed by atoms with van der Waals surface area (Å²) in [7, 11) is 0. The van der Waals surface area contributed by atoms with E-state index >= 15 is 0 Å². The summed E-state index contributed by atoms with van der Waals surface area (Å²) >= 11 is 0. The van der Waals surface area contributed by atoms with Crippen molar-refractivity contribution in [2.45, 2.75) is 13.0 Å². The molecule has 0 unspecified atom stereocenters. The van der Waals surface area contributed by atoms with Crippen LogP contribution in [-0.2, 0) is 13.0 Å². The van der Waals surface area contributed by atoms with Crippen LogP contribution in [0.3, 0.4) is 0 Å². The molecule has 6 heteroatoms. The molecule has 0 bridgehead atoms. The van der Waals surface area contributed by atoms with E-state index in [2.05, 4.69) is 15.3 Å². The third kappa shape index (κ3) is 2.79. The molecule has 6 nitrogen and oxygen atoms in total. The molecule has 2 aromatic heterocycles. The lowest BCUT2D eigenvalue weighted by molar-refractivity contribution is 0.0947. The molecular weight excluding hydrogens is 352 g/mol. The fourth-order valence-electron chi connectivity index (χ4n) is 3.58. The van der Waals surface area contributed by atoms with E-state index in [4.69, 9.17) is 4.74 Å². The van der Waals surface area contributed by atoms with E-state index in [0.717, 1.165) is 34.4 Å². The van der Waals surface area contributed by atoms with Gasteiger partial charge in [-0.05, 0) is 29.8 Å². The van der Waals surface area contributed by atoms with E-state index in [1.807, 2.05) is 53.1 Å². The maximum Gasteiger partial charge on any atom is 0.255 e. The number of para-hydroxylation sites is 3. The van der Waals surface area contributed by atoms with Crippen molar-refractivity contribution < 1.29 is 9.53 Å². The summed E-state index contributed by atoms with van der Waals surface area (Å²) < 4.78 is 7.59. The molecule has 138 valence electrons. The number of rotatable bonds is 4. The van der Waals surface area contributed by atoms with Gasteiger partial charge in [0, 0.05) is 24.7 Å². The van der Waals surface area contributed by atoms with Gasteiger partial charge in [0.2, 0.25) is 0 Å². The molecule has 4 aromatic rings. The monoisotopic (exact) mass is 370 g/mol. The SMILES string of the molecule is O=C(NCc1cccnc1-n1cnc2ccccc21)c1cccc2c1OCC2. The summed E-state index contributed by atoms with van der Waals surface area (Å²) in [5.41, 5.74) is 4.45. The Morgan fingerprint density at radius 2 is 2.00 bits per heavy atom. The zero-order valence-electron chi connectivity index (χ0n) is 15.1. The Labute approximate surface area is 161 Å². The van der Waals surface area contributed by atoms with Gasteiger partial charge < -0.3 is 10.1 Å². The van der Waals surface area contributed by atoms with Gasteiger partial charge in [-0.15, -0.1) is 0 Å². The molecule has 2 aromatic carbocycles. The first-order valence-electron chi connectivity index (χ1n) is 9.20. The first-order valence-corrected chi connectivity index (χ1v) is 9.20. The van der Waals surface area contributed by atoms with E-state index in [0.29, 0.717) is 24.5 Å². The Bertz CT molecular complexity index is 1180. The number of nitrogens with one attached hydrogen (secondary N) is 1. The van der Waals surface area contributed by atoms with Crippen molar-refractivity contribution in [3.8, 4) is 11.6 Å². The van der Waals surface area contributed by atoms with Crippen LogP contribution >= 0.6 is 0 Å². The van der Waals surface area contributed by atoms with Gasteiger partial charge in [-0.3, -0.25) is 9.36 Å². The van der Waals surface area contributed by atoms with Crippen LogP contribution in [0, 0.1) is 0 Å². The number of carbonyl (C=O) groups excluding carboxylic acids is 1. The van der Waals surface area contributed by atoms with Crippen molar-refractivity contribution >= 4 is 16.9 Å². The Balaban J connectivity index is 1.43. The summed E-state index contributed by atoms with van der Waals surface area (Å²) in [5.74, 6) is 1.31. The third-order valence-corrected chi connectivity index (χ3v) is 4.95. The lowest BCUT2D eigenvalue weighted by Crippen LogP contribution is -2.24. The lowest BCUT2D eigenvalue weighted by Gasteiger charge is -2.12. The topological polar surface area (TPSA) is 69.0 Å². The second-order valence-electron chi connectivity index (χ2n) is 6.66. The van der Waals surface area contributed by atoms with Gasteiger partial charge >= 0.3 is 0 Å². The van der Waals surface area contributed by atoms with Gasteiger partial charge in [-0.1, -0.05) is 30.3 Å². The number of nitrogens with zero attached hydrogens (tertiary/aromatic N) is 3. The number of hydrogen-bond donors (Lipinski definition) is 1. The molecule has 1 aliphatic rings. The van der Waals surface area contributed by atoms with Crippen LogP contribution in [0.4, 0.5) is 0 Å². The highest BCUT2D eigenvalue weighted by molar-refractivity contribution is 5.97. The normalized spacial score (nSPS) is 12.6.